The Balaban J connectivity index is 2.53. The van der Waals surface area contributed by atoms with Crippen LogP contribution in [0.4, 0.5) is 0 Å². The normalized spacial score (nSPS) is 14.4. The number of aryl methyl sites for hydroxylation is 1. The summed E-state index contributed by atoms with van der Waals surface area (Å²) < 4.78 is 0. The van der Waals surface area contributed by atoms with E-state index in [9.17, 15) is 9.90 Å². The average molecular weight is 244 g/mol. The molecule has 0 aliphatic carbocycles. The van der Waals surface area contributed by atoms with Gasteiger partial charge in [-0.1, -0.05) is 36.4 Å². The standard InChI is InChI=1S/C15H16O3/c1-10-7-8-11(9-15(2,18)14(16)17)13-6-4-3-5-12(10)13/h3-8,18H,9H2,1-2H3,(H,16,17). The molecule has 0 saturated carbocycles. The van der Waals surface area contributed by atoms with E-state index in [0.717, 1.165) is 21.9 Å². The van der Waals surface area contributed by atoms with E-state index in [2.05, 4.69) is 0 Å². The summed E-state index contributed by atoms with van der Waals surface area (Å²) in [5.74, 6) is -1.20. The third kappa shape index (κ3) is 2.22. The van der Waals surface area contributed by atoms with E-state index < -0.39 is 11.6 Å². The van der Waals surface area contributed by atoms with Crippen LogP contribution >= 0.6 is 0 Å². The van der Waals surface area contributed by atoms with Gasteiger partial charge in [0.15, 0.2) is 5.60 Å². The molecule has 0 heterocycles. The van der Waals surface area contributed by atoms with Crippen molar-refractivity contribution in [3.05, 3.63) is 47.5 Å². The number of rotatable bonds is 3. The molecule has 0 bridgehead atoms. The average Bonchev–Trinajstić information content (AvgIpc) is 2.33. The van der Waals surface area contributed by atoms with Crippen molar-refractivity contribution >= 4 is 16.7 Å². The molecule has 0 fully saturated rings. The Labute approximate surface area is 106 Å². The molecular formula is C15H16O3. The SMILES string of the molecule is Cc1ccc(CC(C)(O)C(=O)O)c2ccccc12. The Morgan fingerprint density at radius 2 is 1.78 bits per heavy atom. The molecule has 3 nitrogen and oxygen atoms in total. The molecule has 2 rings (SSSR count). The highest BCUT2D eigenvalue weighted by Gasteiger charge is 2.30. The van der Waals surface area contributed by atoms with Gasteiger partial charge in [0.25, 0.3) is 0 Å². The van der Waals surface area contributed by atoms with Crippen molar-refractivity contribution in [3.8, 4) is 0 Å². The molecule has 0 aliphatic rings. The van der Waals surface area contributed by atoms with Gasteiger partial charge in [-0.2, -0.15) is 0 Å². The predicted octanol–water partition coefficient (Wildman–Crippen LogP) is 2.53. The summed E-state index contributed by atoms with van der Waals surface area (Å²) in [5, 5.41) is 20.9. The first kappa shape index (κ1) is 12.6. The number of carbonyl (C=O) groups is 1. The Kier molecular flexibility index (Phi) is 3.09. The molecule has 2 aromatic rings. The molecule has 0 spiro atoms. The van der Waals surface area contributed by atoms with Gasteiger partial charge < -0.3 is 10.2 Å². The van der Waals surface area contributed by atoms with Crippen molar-refractivity contribution in [1.29, 1.82) is 0 Å². The molecule has 0 aliphatic heterocycles. The second-order valence-electron chi connectivity index (χ2n) is 4.84. The minimum Gasteiger partial charge on any atom is -0.479 e. The Hall–Kier alpha value is -1.87. The van der Waals surface area contributed by atoms with Crippen LogP contribution in [-0.2, 0) is 11.2 Å². The molecule has 18 heavy (non-hydrogen) atoms. The topological polar surface area (TPSA) is 57.5 Å². The highest BCUT2D eigenvalue weighted by atomic mass is 16.4. The molecule has 2 N–H and O–H groups in total. The van der Waals surface area contributed by atoms with Gasteiger partial charge in [-0.05, 0) is 35.7 Å². The number of hydrogen-bond donors (Lipinski definition) is 2. The van der Waals surface area contributed by atoms with Crippen molar-refractivity contribution in [2.45, 2.75) is 25.9 Å². The lowest BCUT2D eigenvalue weighted by atomic mass is 9.91. The fourth-order valence-corrected chi connectivity index (χ4v) is 2.11. The number of aliphatic hydroxyl groups is 1. The summed E-state index contributed by atoms with van der Waals surface area (Å²) in [6.45, 7) is 3.34. The van der Waals surface area contributed by atoms with E-state index >= 15 is 0 Å². The lowest BCUT2D eigenvalue weighted by Crippen LogP contribution is -2.37. The van der Waals surface area contributed by atoms with Crippen molar-refractivity contribution in [2.75, 3.05) is 0 Å². The van der Waals surface area contributed by atoms with Crippen molar-refractivity contribution < 1.29 is 15.0 Å². The van der Waals surface area contributed by atoms with Crippen LogP contribution in [0.25, 0.3) is 10.8 Å². The second kappa shape index (κ2) is 4.42. The van der Waals surface area contributed by atoms with Gasteiger partial charge in [0.05, 0.1) is 0 Å². The van der Waals surface area contributed by atoms with E-state index in [-0.39, 0.29) is 6.42 Å². The first-order chi connectivity index (χ1) is 8.42. The van der Waals surface area contributed by atoms with Gasteiger partial charge in [0.1, 0.15) is 0 Å². The van der Waals surface area contributed by atoms with Crippen molar-refractivity contribution in [1.82, 2.24) is 0 Å². The molecule has 0 radical (unpaired) electrons. The maximum Gasteiger partial charge on any atom is 0.335 e. The number of hydrogen-bond acceptors (Lipinski definition) is 2. The van der Waals surface area contributed by atoms with Crippen molar-refractivity contribution in [2.24, 2.45) is 0 Å². The maximum absolute atomic E-state index is 11.0. The van der Waals surface area contributed by atoms with Gasteiger partial charge in [-0.3, -0.25) is 0 Å². The number of benzene rings is 2. The van der Waals surface area contributed by atoms with Crippen LogP contribution in [0.1, 0.15) is 18.1 Å². The quantitative estimate of drug-likeness (QED) is 0.872. The monoisotopic (exact) mass is 244 g/mol. The zero-order chi connectivity index (χ0) is 13.3. The Morgan fingerprint density at radius 1 is 1.17 bits per heavy atom. The predicted molar refractivity (Wildman–Crippen MR) is 70.6 cm³/mol. The zero-order valence-electron chi connectivity index (χ0n) is 10.5. The fraction of sp³-hybridized carbons (Fsp3) is 0.267. The van der Waals surface area contributed by atoms with E-state index in [1.807, 2.05) is 43.3 Å². The molecule has 1 unspecified atom stereocenters. The number of carboxylic acid groups (broad SMARTS) is 1. The largest absolute Gasteiger partial charge is 0.479 e. The van der Waals surface area contributed by atoms with Crippen LogP contribution in [0.15, 0.2) is 36.4 Å². The van der Waals surface area contributed by atoms with Gasteiger partial charge in [0.2, 0.25) is 0 Å². The first-order valence-corrected chi connectivity index (χ1v) is 5.85. The zero-order valence-corrected chi connectivity index (χ0v) is 10.5. The van der Waals surface area contributed by atoms with Crippen LogP contribution in [0, 0.1) is 6.92 Å². The Morgan fingerprint density at radius 3 is 2.39 bits per heavy atom. The molecule has 1 atom stereocenters. The summed E-state index contributed by atoms with van der Waals surface area (Å²) in [4.78, 5) is 11.0. The minimum absolute atomic E-state index is 0.100. The van der Waals surface area contributed by atoms with Crippen molar-refractivity contribution in [3.63, 3.8) is 0 Å². The van der Waals surface area contributed by atoms with Crippen LogP contribution < -0.4 is 0 Å². The van der Waals surface area contributed by atoms with Crippen LogP contribution in [0.2, 0.25) is 0 Å². The number of carboxylic acids is 1. The molecule has 3 heteroatoms. The molecule has 0 saturated heterocycles. The van der Waals surface area contributed by atoms with Gasteiger partial charge >= 0.3 is 5.97 Å². The molecule has 94 valence electrons. The van der Waals surface area contributed by atoms with E-state index in [1.165, 1.54) is 6.92 Å². The third-order valence-electron chi connectivity index (χ3n) is 3.23. The smallest absolute Gasteiger partial charge is 0.335 e. The minimum atomic E-state index is -1.74. The van der Waals surface area contributed by atoms with Gasteiger partial charge in [0, 0.05) is 6.42 Å². The lowest BCUT2D eigenvalue weighted by molar-refractivity contribution is -0.156. The highest BCUT2D eigenvalue weighted by molar-refractivity contribution is 5.89. The van der Waals surface area contributed by atoms with E-state index in [1.54, 1.807) is 0 Å². The van der Waals surface area contributed by atoms with E-state index in [0.29, 0.717) is 0 Å². The fourth-order valence-electron chi connectivity index (χ4n) is 2.11. The summed E-state index contributed by atoms with van der Waals surface area (Å²) in [5.41, 5.74) is 0.255. The van der Waals surface area contributed by atoms with Crippen LogP contribution in [0.3, 0.4) is 0 Å². The summed E-state index contributed by atoms with van der Waals surface area (Å²) >= 11 is 0. The van der Waals surface area contributed by atoms with Crippen LogP contribution in [0.5, 0.6) is 0 Å². The summed E-state index contributed by atoms with van der Waals surface area (Å²) in [6.07, 6.45) is 0.100. The highest BCUT2D eigenvalue weighted by Crippen LogP contribution is 2.25. The molecule has 0 amide bonds. The molecule has 2 aromatic carbocycles. The van der Waals surface area contributed by atoms with Crippen LogP contribution in [-0.4, -0.2) is 21.8 Å². The maximum atomic E-state index is 11.0. The van der Waals surface area contributed by atoms with Gasteiger partial charge in [-0.25, -0.2) is 4.79 Å². The molecular weight excluding hydrogens is 228 g/mol. The summed E-state index contributed by atoms with van der Waals surface area (Å²) in [6, 6.07) is 11.7. The van der Waals surface area contributed by atoms with E-state index in [4.69, 9.17) is 5.11 Å². The van der Waals surface area contributed by atoms with Gasteiger partial charge in [-0.15, -0.1) is 0 Å². The lowest BCUT2D eigenvalue weighted by Gasteiger charge is -2.19. The second-order valence-corrected chi connectivity index (χ2v) is 4.84. The Bertz CT molecular complexity index is 600. The number of aliphatic carboxylic acids is 1. The summed E-state index contributed by atoms with van der Waals surface area (Å²) in [7, 11) is 0. The molecule has 0 aromatic heterocycles. The number of fused-ring (bicyclic) bond motifs is 1. The third-order valence-corrected chi connectivity index (χ3v) is 3.23. The first-order valence-electron chi connectivity index (χ1n) is 5.85.